The second-order valence-electron chi connectivity index (χ2n) is 6.51. The number of carbonyl (C=O) groups excluding carboxylic acids is 2. The number of hydrogen-bond acceptors (Lipinski definition) is 2. The zero-order valence-corrected chi connectivity index (χ0v) is 13.2. The van der Waals surface area contributed by atoms with Crippen LogP contribution in [0.15, 0.2) is 24.3 Å². The minimum absolute atomic E-state index is 0.00937. The Balaban J connectivity index is 1.75. The molecule has 1 spiro atoms. The maximum Gasteiger partial charge on any atom is 0.416 e. The molecule has 130 valence electrons. The molecule has 0 radical (unpaired) electrons. The van der Waals surface area contributed by atoms with Crippen LogP contribution in [0.5, 0.6) is 0 Å². The van der Waals surface area contributed by atoms with E-state index in [-0.39, 0.29) is 12.5 Å². The van der Waals surface area contributed by atoms with Gasteiger partial charge in [0.1, 0.15) is 5.54 Å². The Bertz CT molecular complexity index is 632. The molecular weight excluding hydrogens is 321 g/mol. The quantitative estimate of drug-likeness (QED) is 0.832. The van der Waals surface area contributed by atoms with Gasteiger partial charge in [-0.25, -0.2) is 4.79 Å². The molecular formula is C17H19F3N2O2. The standard InChI is InChI=1S/C17H19F3N2O2/c18-17(19,20)13-7-5-12(6-8-13)11-22-14(23)16(21-15(22)24)9-3-1-2-4-10-16/h5-8H,1-4,9-11H2,(H,21,24). The van der Waals surface area contributed by atoms with E-state index in [4.69, 9.17) is 0 Å². The van der Waals surface area contributed by atoms with Crippen LogP contribution in [0.4, 0.5) is 18.0 Å². The lowest BCUT2D eigenvalue weighted by atomic mass is 9.90. The number of rotatable bonds is 2. The van der Waals surface area contributed by atoms with Crippen LogP contribution >= 0.6 is 0 Å². The Morgan fingerprint density at radius 3 is 2.12 bits per heavy atom. The van der Waals surface area contributed by atoms with E-state index in [2.05, 4.69) is 5.32 Å². The first-order chi connectivity index (χ1) is 11.3. The molecule has 1 aliphatic carbocycles. The molecule has 2 fully saturated rings. The number of carbonyl (C=O) groups is 2. The van der Waals surface area contributed by atoms with Crippen molar-refractivity contribution >= 4 is 11.9 Å². The first kappa shape index (κ1) is 16.8. The molecule has 1 aromatic carbocycles. The molecule has 0 atom stereocenters. The van der Waals surface area contributed by atoms with E-state index >= 15 is 0 Å². The summed E-state index contributed by atoms with van der Waals surface area (Å²) in [6.45, 7) is -0.00937. The van der Waals surface area contributed by atoms with E-state index < -0.39 is 23.3 Å². The molecule has 4 nitrogen and oxygen atoms in total. The number of amides is 3. The Morgan fingerprint density at radius 1 is 1.00 bits per heavy atom. The van der Waals surface area contributed by atoms with Crippen LogP contribution in [0.2, 0.25) is 0 Å². The first-order valence-corrected chi connectivity index (χ1v) is 8.12. The minimum atomic E-state index is -4.40. The van der Waals surface area contributed by atoms with Gasteiger partial charge >= 0.3 is 12.2 Å². The number of nitrogens with one attached hydrogen (secondary N) is 1. The van der Waals surface area contributed by atoms with E-state index in [1.54, 1.807) is 0 Å². The van der Waals surface area contributed by atoms with Gasteiger partial charge in [0.2, 0.25) is 0 Å². The van der Waals surface area contributed by atoms with Crippen LogP contribution in [0, 0.1) is 0 Å². The number of benzene rings is 1. The van der Waals surface area contributed by atoms with E-state index in [0.29, 0.717) is 18.4 Å². The number of halogens is 3. The van der Waals surface area contributed by atoms with E-state index in [0.717, 1.165) is 42.7 Å². The van der Waals surface area contributed by atoms with Gasteiger partial charge < -0.3 is 5.32 Å². The Labute approximate surface area is 138 Å². The Morgan fingerprint density at radius 2 is 1.58 bits per heavy atom. The van der Waals surface area contributed by atoms with Gasteiger partial charge in [0.15, 0.2) is 0 Å². The first-order valence-electron chi connectivity index (χ1n) is 8.12. The molecule has 3 amide bonds. The molecule has 1 saturated heterocycles. The summed E-state index contributed by atoms with van der Waals surface area (Å²) >= 11 is 0. The fraction of sp³-hybridized carbons (Fsp3) is 0.529. The van der Waals surface area contributed by atoms with Crippen LogP contribution < -0.4 is 5.32 Å². The van der Waals surface area contributed by atoms with Crippen LogP contribution in [-0.2, 0) is 17.5 Å². The fourth-order valence-corrected chi connectivity index (χ4v) is 3.47. The highest BCUT2D eigenvalue weighted by Gasteiger charge is 2.50. The maximum absolute atomic E-state index is 12.7. The Kier molecular flexibility index (Phi) is 4.27. The van der Waals surface area contributed by atoms with Gasteiger partial charge in [-0.15, -0.1) is 0 Å². The Hall–Kier alpha value is -2.05. The normalized spacial score (nSPS) is 21.0. The van der Waals surface area contributed by atoms with Gasteiger partial charge in [-0.2, -0.15) is 13.2 Å². The third-order valence-corrected chi connectivity index (χ3v) is 4.82. The summed E-state index contributed by atoms with van der Waals surface area (Å²) in [5.74, 6) is -0.255. The molecule has 1 aliphatic heterocycles. The van der Waals surface area contributed by atoms with Crippen molar-refractivity contribution in [3.63, 3.8) is 0 Å². The highest BCUT2D eigenvalue weighted by molar-refractivity contribution is 6.07. The van der Waals surface area contributed by atoms with Gasteiger partial charge in [0, 0.05) is 0 Å². The van der Waals surface area contributed by atoms with Crippen molar-refractivity contribution in [2.75, 3.05) is 0 Å². The molecule has 2 aliphatic rings. The predicted octanol–water partition coefficient (Wildman–Crippen LogP) is 3.85. The summed E-state index contributed by atoms with van der Waals surface area (Å²) in [4.78, 5) is 26.1. The maximum atomic E-state index is 12.7. The molecule has 0 unspecified atom stereocenters. The molecule has 0 aromatic heterocycles. The summed E-state index contributed by atoms with van der Waals surface area (Å²) in [7, 11) is 0. The highest BCUT2D eigenvalue weighted by Crippen LogP contribution is 2.34. The third-order valence-electron chi connectivity index (χ3n) is 4.82. The number of urea groups is 1. The molecule has 0 bridgehead atoms. The van der Waals surface area contributed by atoms with Gasteiger partial charge in [-0.3, -0.25) is 9.69 Å². The van der Waals surface area contributed by atoms with Gasteiger partial charge in [0.25, 0.3) is 5.91 Å². The molecule has 1 saturated carbocycles. The monoisotopic (exact) mass is 340 g/mol. The molecule has 24 heavy (non-hydrogen) atoms. The summed E-state index contributed by atoms with van der Waals surface area (Å²) < 4.78 is 37.8. The van der Waals surface area contributed by atoms with Crippen LogP contribution in [0.25, 0.3) is 0 Å². The molecule has 7 heteroatoms. The summed E-state index contributed by atoms with van der Waals surface area (Å²) in [6.07, 6.45) is 0.722. The van der Waals surface area contributed by atoms with E-state index in [1.807, 2.05) is 0 Å². The van der Waals surface area contributed by atoms with Crippen molar-refractivity contribution in [3.8, 4) is 0 Å². The highest BCUT2D eigenvalue weighted by atomic mass is 19.4. The lowest BCUT2D eigenvalue weighted by Crippen LogP contribution is -2.46. The molecule has 3 rings (SSSR count). The number of alkyl halides is 3. The molecule has 1 heterocycles. The number of imide groups is 1. The van der Waals surface area contributed by atoms with Crippen molar-refractivity contribution in [1.82, 2.24) is 10.2 Å². The fourth-order valence-electron chi connectivity index (χ4n) is 3.47. The molecule has 1 N–H and O–H groups in total. The largest absolute Gasteiger partial charge is 0.416 e. The van der Waals surface area contributed by atoms with E-state index in [9.17, 15) is 22.8 Å². The summed E-state index contributed by atoms with van der Waals surface area (Å²) in [5, 5.41) is 2.82. The third kappa shape index (κ3) is 3.12. The van der Waals surface area contributed by atoms with Gasteiger partial charge in [-0.05, 0) is 30.5 Å². The zero-order chi connectivity index (χ0) is 17.4. The SMILES string of the molecule is O=C1NC2(CCCCCC2)C(=O)N1Cc1ccc(C(F)(F)F)cc1. The van der Waals surface area contributed by atoms with Crippen LogP contribution in [0.3, 0.4) is 0 Å². The van der Waals surface area contributed by atoms with Gasteiger partial charge in [-0.1, -0.05) is 37.8 Å². The topological polar surface area (TPSA) is 49.4 Å². The van der Waals surface area contributed by atoms with Crippen molar-refractivity contribution in [2.24, 2.45) is 0 Å². The summed E-state index contributed by atoms with van der Waals surface area (Å²) in [6, 6.07) is 4.09. The van der Waals surface area contributed by atoms with Crippen LogP contribution in [-0.4, -0.2) is 22.4 Å². The second-order valence-corrected chi connectivity index (χ2v) is 6.51. The van der Waals surface area contributed by atoms with Crippen molar-refractivity contribution in [2.45, 2.75) is 56.8 Å². The molecule has 1 aromatic rings. The lowest BCUT2D eigenvalue weighted by Gasteiger charge is -2.24. The smallest absolute Gasteiger partial charge is 0.323 e. The lowest BCUT2D eigenvalue weighted by molar-refractivity contribution is -0.137. The average Bonchev–Trinajstić information content (AvgIpc) is 2.71. The number of hydrogen-bond donors (Lipinski definition) is 1. The number of nitrogens with zero attached hydrogens (tertiary/aromatic N) is 1. The summed E-state index contributed by atoms with van der Waals surface area (Å²) in [5.41, 5.74) is -1.07. The van der Waals surface area contributed by atoms with E-state index in [1.165, 1.54) is 12.1 Å². The minimum Gasteiger partial charge on any atom is -0.323 e. The van der Waals surface area contributed by atoms with Crippen molar-refractivity contribution in [3.05, 3.63) is 35.4 Å². The van der Waals surface area contributed by atoms with Crippen molar-refractivity contribution in [1.29, 1.82) is 0 Å². The van der Waals surface area contributed by atoms with Crippen molar-refractivity contribution < 1.29 is 22.8 Å². The average molecular weight is 340 g/mol. The van der Waals surface area contributed by atoms with Crippen LogP contribution in [0.1, 0.15) is 49.7 Å². The predicted molar refractivity (Wildman–Crippen MR) is 81.0 cm³/mol. The zero-order valence-electron chi connectivity index (χ0n) is 13.2. The van der Waals surface area contributed by atoms with Gasteiger partial charge in [0.05, 0.1) is 12.1 Å². The second kappa shape index (κ2) is 6.11.